The number of hydrogen-bond donors (Lipinski definition) is 1. The summed E-state index contributed by atoms with van der Waals surface area (Å²) in [6.07, 6.45) is 0.779. The van der Waals surface area contributed by atoms with Gasteiger partial charge >= 0.3 is 0 Å². The Morgan fingerprint density at radius 1 is 1.28 bits per heavy atom. The third-order valence-electron chi connectivity index (χ3n) is 3.92. The van der Waals surface area contributed by atoms with E-state index in [0.717, 1.165) is 24.4 Å². The van der Waals surface area contributed by atoms with E-state index in [-0.39, 0.29) is 5.56 Å². The van der Waals surface area contributed by atoms with Gasteiger partial charge < -0.3 is 4.52 Å². The first kappa shape index (κ1) is 17.3. The lowest BCUT2D eigenvalue weighted by Crippen LogP contribution is -2.25. The van der Waals surface area contributed by atoms with Crippen LogP contribution in [0.2, 0.25) is 0 Å². The molecule has 0 fully saturated rings. The molecule has 0 radical (unpaired) electrons. The highest BCUT2D eigenvalue weighted by Crippen LogP contribution is 2.10. The normalized spacial score (nSPS) is 11.9. The standard InChI is InChI=1S/C17H24N6O2/c1-5-22(10-14-19-16(25-21-14)6-11(2)3)9-13-8-17(24)23-15(18-13)7-12(4)20-23/h7-8,11,20H,5-6,9-10H2,1-4H3. The molecule has 0 spiro atoms. The maximum atomic E-state index is 12.2. The lowest BCUT2D eigenvalue weighted by molar-refractivity contribution is 0.255. The van der Waals surface area contributed by atoms with Crippen molar-refractivity contribution in [2.75, 3.05) is 6.54 Å². The molecule has 0 saturated carbocycles. The molecular formula is C17H24N6O2. The summed E-state index contributed by atoms with van der Waals surface area (Å²) in [6, 6.07) is 3.42. The molecule has 134 valence electrons. The van der Waals surface area contributed by atoms with Crippen LogP contribution in [0, 0.1) is 12.8 Å². The highest BCUT2D eigenvalue weighted by atomic mass is 16.5. The summed E-state index contributed by atoms with van der Waals surface area (Å²) >= 11 is 0. The molecule has 0 aliphatic heterocycles. The quantitative estimate of drug-likeness (QED) is 0.704. The summed E-state index contributed by atoms with van der Waals surface area (Å²) in [6.45, 7) is 10.1. The Bertz CT molecular complexity index is 907. The molecule has 0 aliphatic carbocycles. The number of aryl methyl sites for hydroxylation is 1. The van der Waals surface area contributed by atoms with Crippen LogP contribution in [-0.4, -0.2) is 36.2 Å². The first-order valence-electron chi connectivity index (χ1n) is 8.56. The average Bonchev–Trinajstić information content (AvgIpc) is 3.12. The lowest BCUT2D eigenvalue weighted by Gasteiger charge is -2.17. The molecule has 3 rings (SSSR count). The van der Waals surface area contributed by atoms with Gasteiger partial charge in [-0.1, -0.05) is 25.9 Å². The molecule has 0 aromatic carbocycles. The number of aromatic nitrogens is 5. The number of hydrogen-bond acceptors (Lipinski definition) is 6. The monoisotopic (exact) mass is 344 g/mol. The van der Waals surface area contributed by atoms with Crippen LogP contribution in [0.15, 0.2) is 21.5 Å². The summed E-state index contributed by atoms with van der Waals surface area (Å²) in [5, 5.41) is 7.03. The molecule has 3 aromatic heterocycles. The van der Waals surface area contributed by atoms with E-state index in [1.54, 1.807) is 6.07 Å². The second kappa shape index (κ2) is 7.18. The molecule has 0 saturated heterocycles. The Morgan fingerprint density at radius 3 is 2.80 bits per heavy atom. The van der Waals surface area contributed by atoms with Gasteiger partial charge in [0.1, 0.15) is 0 Å². The SMILES string of the molecule is CCN(Cc1cc(=O)n2[nH]c(C)cc2n1)Cc1noc(CC(C)C)n1. The van der Waals surface area contributed by atoms with Crippen LogP contribution in [0.3, 0.4) is 0 Å². The Morgan fingerprint density at radius 2 is 2.08 bits per heavy atom. The highest BCUT2D eigenvalue weighted by molar-refractivity contribution is 5.39. The van der Waals surface area contributed by atoms with Crippen LogP contribution >= 0.6 is 0 Å². The van der Waals surface area contributed by atoms with E-state index in [1.165, 1.54) is 4.52 Å². The van der Waals surface area contributed by atoms with Crippen molar-refractivity contribution < 1.29 is 4.52 Å². The smallest absolute Gasteiger partial charge is 0.272 e. The number of nitrogens with zero attached hydrogens (tertiary/aromatic N) is 5. The summed E-state index contributed by atoms with van der Waals surface area (Å²) in [4.78, 5) is 23.3. The van der Waals surface area contributed by atoms with Gasteiger partial charge in [0, 0.05) is 30.8 Å². The summed E-state index contributed by atoms with van der Waals surface area (Å²) in [7, 11) is 0. The maximum absolute atomic E-state index is 12.2. The van der Waals surface area contributed by atoms with E-state index in [1.807, 2.05) is 13.0 Å². The average molecular weight is 344 g/mol. The van der Waals surface area contributed by atoms with Crippen molar-refractivity contribution in [1.82, 2.24) is 29.6 Å². The fourth-order valence-electron chi connectivity index (χ4n) is 2.74. The maximum Gasteiger partial charge on any atom is 0.272 e. The largest absolute Gasteiger partial charge is 0.339 e. The molecule has 8 nitrogen and oxygen atoms in total. The van der Waals surface area contributed by atoms with Crippen LogP contribution in [0.25, 0.3) is 5.65 Å². The Labute approximate surface area is 145 Å². The van der Waals surface area contributed by atoms with Gasteiger partial charge in [-0.25, -0.2) is 9.50 Å². The molecule has 3 heterocycles. The molecular weight excluding hydrogens is 320 g/mol. The van der Waals surface area contributed by atoms with Gasteiger partial charge in [-0.15, -0.1) is 0 Å². The summed E-state index contributed by atoms with van der Waals surface area (Å²) in [5.74, 6) is 1.80. The minimum atomic E-state index is -0.108. The van der Waals surface area contributed by atoms with E-state index < -0.39 is 0 Å². The fraction of sp³-hybridized carbons (Fsp3) is 0.529. The van der Waals surface area contributed by atoms with Crippen LogP contribution in [0.1, 0.15) is 43.9 Å². The van der Waals surface area contributed by atoms with E-state index in [2.05, 4.69) is 45.9 Å². The molecule has 0 unspecified atom stereocenters. The fourth-order valence-corrected chi connectivity index (χ4v) is 2.74. The number of H-pyrrole nitrogens is 1. The molecule has 0 aliphatic rings. The van der Waals surface area contributed by atoms with Crippen molar-refractivity contribution >= 4 is 5.65 Å². The number of rotatable bonds is 7. The molecule has 8 heteroatoms. The van der Waals surface area contributed by atoms with Crippen molar-refractivity contribution in [1.29, 1.82) is 0 Å². The van der Waals surface area contributed by atoms with Crippen molar-refractivity contribution in [3.63, 3.8) is 0 Å². The van der Waals surface area contributed by atoms with Gasteiger partial charge in [0.15, 0.2) is 11.5 Å². The van der Waals surface area contributed by atoms with Gasteiger partial charge in [0.25, 0.3) is 5.56 Å². The highest BCUT2D eigenvalue weighted by Gasteiger charge is 2.14. The van der Waals surface area contributed by atoms with Gasteiger partial charge in [0.05, 0.1) is 12.2 Å². The predicted molar refractivity (Wildman–Crippen MR) is 93.2 cm³/mol. The molecule has 25 heavy (non-hydrogen) atoms. The second-order valence-electron chi connectivity index (χ2n) is 6.72. The molecule has 0 amide bonds. The zero-order valence-electron chi connectivity index (χ0n) is 15.1. The molecule has 0 bridgehead atoms. The first-order valence-corrected chi connectivity index (χ1v) is 8.56. The van der Waals surface area contributed by atoms with E-state index in [4.69, 9.17) is 4.52 Å². The molecule has 1 N–H and O–H groups in total. The Kier molecular flexibility index (Phi) is 4.98. The van der Waals surface area contributed by atoms with Crippen molar-refractivity contribution in [2.24, 2.45) is 5.92 Å². The van der Waals surface area contributed by atoms with Crippen LogP contribution in [0.4, 0.5) is 0 Å². The third kappa shape index (κ3) is 4.14. The molecule has 0 atom stereocenters. The molecule has 3 aromatic rings. The minimum absolute atomic E-state index is 0.108. The second-order valence-corrected chi connectivity index (χ2v) is 6.72. The van der Waals surface area contributed by atoms with E-state index in [0.29, 0.717) is 36.4 Å². The first-order chi connectivity index (χ1) is 11.9. The number of fused-ring (bicyclic) bond motifs is 1. The van der Waals surface area contributed by atoms with Crippen molar-refractivity contribution in [3.8, 4) is 0 Å². The zero-order chi connectivity index (χ0) is 18.0. The third-order valence-corrected chi connectivity index (χ3v) is 3.92. The van der Waals surface area contributed by atoms with Gasteiger partial charge in [-0.3, -0.25) is 14.8 Å². The minimum Gasteiger partial charge on any atom is -0.339 e. The zero-order valence-corrected chi connectivity index (χ0v) is 15.1. The Balaban J connectivity index is 1.73. The van der Waals surface area contributed by atoms with Gasteiger partial charge in [0.2, 0.25) is 5.89 Å². The number of nitrogens with one attached hydrogen (secondary N) is 1. The topological polar surface area (TPSA) is 92.3 Å². The van der Waals surface area contributed by atoms with Crippen molar-refractivity contribution in [3.05, 3.63) is 45.6 Å². The lowest BCUT2D eigenvalue weighted by atomic mass is 10.1. The van der Waals surface area contributed by atoms with E-state index >= 15 is 0 Å². The van der Waals surface area contributed by atoms with Gasteiger partial charge in [-0.2, -0.15) is 4.98 Å². The number of aromatic amines is 1. The van der Waals surface area contributed by atoms with Crippen LogP contribution in [-0.2, 0) is 19.5 Å². The van der Waals surface area contributed by atoms with Gasteiger partial charge in [-0.05, 0) is 19.4 Å². The van der Waals surface area contributed by atoms with E-state index in [9.17, 15) is 4.79 Å². The summed E-state index contributed by atoms with van der Waals surface area (Å²) in [5.41, 5.74) is 2.16. The Hall–Kier alpha value is -2.48. The van der Waals surface area contributed by atoms with Crippen molar-refractivity contribution in [2.45, 2.75) is 47.2 Å². The van der Waals surface area contributed by atoms with Crippen LogP contribution < -0.4 is 5.56 Å². The summed E-state index contributed by atoms with van der Waals surface area (Å²) < 4.78 is 6.74. The van der Waals surface area contributed by atoms with Crippen LogP contribution in [0.5, 0.6) is 0 Å². The predicted octanol–water partition coefficient (Wildman–Crippen LogP) is 1.93.